The Morgan fingerprint density at radius 2 is 1.92 bits per heavy atom. The van der Waals surface area contributed by atoms with Crippen molar-refractivity contribution in [2.75, 3.05) is 13.7 Å². The van der Waals surface area contributed by atoms with E-state index in [9.17, 15) is 13.6 Å². The lowest BCUT2D eigenvalue weighted by Gasteiger charge is -2.16. The van der Waals surface area contributed by atoms with E-state index in [2.05, 4.69) is 12.2 Å². The quantitative estimate of drug-likeness (QED) is 0.695. The highest BCUT2D eigenvalue weighted by molar-refractivity contribution is 5.95. The van der Waals surface area contributed by atoms with Crippen molar-refractivity contribution in [1.29, 1.82) is 0 Å². The molecule has 1 amide bonds. The molecule has 0 aliphatic rings. The molecule has 1 N–H and O–H groups in total. The Balaban J connectivity index is 2.11. The van der Waals surface area contributed by atoms with Crippen LogP contribution in [0.4, 0.5) is 8.78 Å². The molecule has 0 aliphatic heterocycles. The number of hydrogen-bond donors (Lipinski definition) is 1. The third-order valence-electron chi connectivity index (χ3n) is 3.96. The second-order valence-corrected chi connectivity index (χ2v) is 5.93. The number of unbranched alkanes of at least 4 members (excludes halogenated alkanes) is 1. The van der Waals surface area contributed by atoms with Gasteiger partial charge in [-0.3, -0.25) is 4.79 Å². The molecule has 26 heavy (non-hydrogen) atoms. The molecule has 0 bridgehead atoms. The van der Waals surface area contributed by atoms with Gasteiger partial charge in [0.15, 0.2) is 11.5 Å². The first-order valence-electron chi connectivity index (χ1n) is 8.53. The second kappa shape index (κ2) is 9.17. The first-order valence-corrected chi connectivity index (χ1v) is 8.53. The smallest absolute Gasteiger partial charge is 0.251 e. The molecule has 4 nitrogen and oxygen atoms in total. The number of amides is 1. The number of carbonyl (C=O) groups is 1. The van der Waals surface area contributed by atoms with Crippen molar-refractivity contribution in [3.8, 4) is 11.5 Å². The van der Waals surface area contributed by atoms with Gasteiger partial charge in [-0.2, -0.15) is 0 Å². The minimum atomic E-state index is -0.699. The van der Waals surface area contributed by atoms with E-state index >= 15 is 0 Å². The van der Waals surface area contributed by atoms with Gasteiger partial charge in [-0.1, -0.05) is 19.4 Å². The zero-order chi connectivity index (χ0) is 19.1. The van der Waals surface area contributed by atoms with Crippen LogP contribution in [0.5, 0.6) is 11.5 Å². The van der Waals surface area contributed by atoms with Crippen molar-refractivity contribution in [2.24, 2.45) is 0 Å². The van der Waals surface area contributed by atoms with Crippen LogP contribution in [0.25, 0.3) is 0 Å². The first-order chi connectivity index (χ1) is 12.5. The number of ether oxygens (including phenoxy) is 2. The monoisotopic (exact) mass is 363 g/mol. The van der Waals surface area contributed by atoms with Crippen LogP contribution in [0.15, 0.2) is 36.4 Å². The maximum Gasteiger partial charge on any atom is 0.251 e. The Labute approximate surface area is 152 Å². The van der Waals surface area contributed by atoms with Crippen LogP contribution in [-0.2, 0) is 0 Å². The van der Waals surface area contributed by atoms with Crippen LogP contribution in [0, 0.1) is 11.6 Å². The molecule has 1 unspecified atom stereocenters. The van der Waals surface area contributed by atoms with Crippen molar-refractivity contribution in [2.45, 2.75) is 32.7 Å². The molecule has 0 aromatic heterocycles. The summed E-state index contributed by atoms with van der Waals surface area (Å²) in [6.07, 6.45) is 1.94. The van der Waals surface area contributed by atoms with Gasteiger partial charge >= 0.3 is 0 Å². The summed E-state index contributed by atoms with van der Waals surface area (Å²) in [5.41, 5.74) is 0.574. The van der Waals surface area contributed by atoms with Crippen LogP contribution in [0.3, 0.4) is 0 Å². The Hall–Kier alpha value is -2.63. The number of rotatable bonds is 8. The summed E-state index contributed by atoms with van der Waals surface area (Å²) in [6, 6.07) is 7.52. The summed E-state index contributed by atoms with van der Waals surface area (Å²) in [7, 11) is 1.50. The van der Waals surface area contributed by atoms with Crippen molar-refractivity contribution in [3.05, 3.63) is 59.2 Å². The minimum absolute atomic E-state index is 0.214. The largest absolute Gasteiger partial charge is 0.493 e. The Morgan fingerprint density at radius 3 is 2.58 bits per heavy atom. The van der Waals surface area contributed by atoms with E-state index in [1.807, 2.05) is 0 Å². The summed E-state index contributed by atoms with van der Waals surface area (Å²) in [6.45, 7) is 4.27. The summed E-state index contributed by atoms with van der Waals surface area (Å²) in [4.78, 5) is 12.4. The van der Waals surface area contributed by atoms with Crippen LogP contribution >= 0.6 is 0 Å². The zero-order valence-electron chi connectivity index (χ0n) is 15.1. The van der Waals surface area contributed by atoms with E-state index in [0.29, 0.717) is 23.7 Å². The molecule has 6 heteroatoms. The van der Waals surface area contributed by atoms with E-state index in [1.54, 1.807) is 25.1 Å². The molecule has 0 fully saturated rings. The lowest BCUT2D eigenvalue weighted by molar-refractivity contribution is 0.0939. The number of benzene rings is 2. The third-order valence-corrected chi connectivity index (χ3v) is 3.96. The molecular formula is C20H23F2NO3. The Morgan fingerprint density at radius 1 is 1.15 bits per heavy atom. The van der Waals surface area contributed by atoms with Gasteiger partial charge in [-0.05, 0) is 37.6 Å². The van der Waals surface area contributed by atoms with Gasteiger partial charge in [0.1, 0.15) is 11.6 Å². The third kappa shape index (κ3) is 4.94. The fourth-order valence-corrected chi connectivity index (χ4v) is 2.46. The van der Waals surface area contributed by atoms with Gasteiger partial charge in [-0.15, -0.1) is 0 Å². The molecule has 0 heterocycles. The van der Waals surface area contributed by atoms with Crippen LogP contribution in [-0.4, -0.2) is 19.6 Å². The normalized spacial score (nSPS) is 11.7. The van der Waals surface area contributed by atoms with E-state index in [4.69, 9.17) is 9.47 Å². The molecule has 2 aromatic carbocycles. The molecule has 0 aliphatic carbocycles. The fourth-order valence-electron chi connectivity index (χ4n) is 2.46. The molecule has 0 saturated carbocycles. The lowest BCUT2D eigenvalue weighted by Crippen LogP contribution is -2.27. The molecular weight excluding hydrogens is 340 g/mol. The minimum Gasteiger partial charge on any atom is -0.493 e. The van der Waals surface area contributed by atoms with Crippen molar-refractivity contribution in [3.63, 3.8) is 0 Å². The average Bonchev–Trinajstić information content (AvgIpc) is 2.61. The maximum atomic E-state index is 13.8. The first kappa shape index (κ1) is 19.7. The summed E-state index contributed by atoms with van der Waals surface area (Å²) < 4.78 is 37.8. The predicted octanol–water partition coefficient (Wildman–Crippen LogP) is 4.64. The van der Waals surface area contributed by atoms with Gasteiger partial charge in [-0.25, -0.2) is 8.78 Å². The molecule has 0 saturated heterocycles. The zero-order valence-corrected chi connectivity index (χ0v) is 15.1. The number of hydrogen-bond acceptors (Lipinski definition) is 3. The van der Waals surface area contributed by atoms with Crippen LogP contribution < -0.4 is 14.8 Å². The SMILES string of the molecule is CCCCOc1ccc(C(=O)NC(C)c2ccc(F)cc2F)cc1OC. The van der Waals surface area contributed by atoms with Crippen molar-refractivity contribution in [1.82, 2.24) is 5.32 Å². The van der Waals surface area contributed by atoms with Crippen molar-refractivity contribution >= 4 is 5.91 Å². The van der Waals surface area contributed by atoms with Crippen molar-refractivity contribution < 1.29 is 23.0 Å². The molecule has 0 spiro atoms. The van der Waals surface area contributed by atoms with Gasteiger partial charge < -0.3 is 14.8 Å². The van der Waals surface area contributed by atoms with Crippen LogP contribution in [0.2, 0.25) is 0 Å². The molecule has 1 atom stereocenters. The van der Waals surface area contributed by atoms with E-state index in [1.165, 1.54) is 13.2 Å². The number of halogens is 2. The van der Waals surface area contributed by atoms with Gasteiger partial charge in [0.25, 0.3) is 5.91 Å². The standard InChI is InChI=1S/C20H23F2NO3/c1-4-5-10-26-18-9-6-14(11-19(18)25-3)20(24)23-13(2)16-8-7-15(21)12-17(16)22/h6-9,11-13H,4-5,10H2,1-3H3,(H,23,24). The number of methoxy groups -OCH3 is 1. The topological polar surface area (TPSA) is 47.6 Å². The average molecular weight is 363 g/mol. The summed E-state index contributed by atoms with van der Waals surface area (Å²) in [5.74, 6) is -0.729. The molecule has 140 valence electrons. The maximum absolute atomic E-state index is 13.8. The van der Waals surface area contributed by atoms with Gasteiger partial charge in [0, 0.05) is 17.2 Å². The highest BCUT2D eigenvalue weighted by atomic mass is 19.1. The highest BCUT2D eigenvalue weighted by Gasteiger charge is 2.17. The van der Waals surface area contributed by atoms with Crippen LogP contribution in [0.1, 0.15) is 48.7 Å². The highest BCUT2D eigenvalue weighted by Crippen LogP contribution is 2.28. The van der Waals surface area contributed by atoms with Gasteiger partial charge in [0.05, 0.1) is 19.8 Å². The van der Waals surface area contributed by atoms with E-state index in [0.717, 1.165) is 25.0 Å². The predicted molar refractivity (Wildman–Crippen MR) is 95.6 cm³/mol. The molecule has 2 aromatic rings. The Kier molecular flexibility index (Phi) is 6.95. The van der Waals surface area contributed by atoms with Gasteiger partial charge in [0.2, 0.25) is 0 Å². The van der Waals surface area contributed by atoms with E-state index in [-0.39, 0.29) is 11.5 Å². The number of carbonyl (C=O) groups excluding carboxylic acids is 1. The molecule has 0 radical (unpaired) electrons. The van der Waals surface area contributed by atoms with E-state index < -0.39 is 17.7 Å². The summed E-state index contributed by atoms with van der Waals surface area (Å²) >= 11 is 0. The lowest BCUT2D eigenvalue weighted by atomic mass is 10.1. The Bertz CT molecular complexity index is 765. The summed E-state index contributed by atoms with van der Waals surface area (Å²) in [5, 5.41) is 2.70. The number of nitrogens with one attached hydrogen (secondary N) is 1. The molecule has 2 rings (SSSR count). The fraction of sp³-hybridized carbons (Fsp3) is 0.350. The second-order valence-electron chi connectivity index (χ2n) is 5.93.